The van der Waals surface area contributed by atoms with Crippen LogP contribution in [0, 0.1) is 30.9 Å². The first-order valence-corrected chi connectivity index (χ1v) is 6.97. The number of aryl methyl sites for hydroxylation is 3. The highest BCUT2D eigenvalue weighted by Crippen LogP contribution is 2.28. The van der Waals surface area contributed by atoms with E-state index in [2.05, 4.69) is 43.4 Å². The van der Waals surface area contributed by atoms with Gasteiger partial charge in [0, 0.05) is 23.4 Å². The number of benzene rings is 2. The Morgan fingerprint density at radius 2 is 1.67 bits per heavy atom. The summed E-state index contributed by atoms with van der Waals surface area (Å²) in [7, 11) is 0. The van der Waals surface area contributed by atoms with Crippen molar-refractivity contribution in [2.45, 2.75) is 33.7 Å². The lowest BCUT2D eigenvalue weighted by atomic mass is 10.0. The van der Waals surface area contributed by atoms with Crippen LogP contribution in [0.2, 0.25) is 0 Å². The average molecular weight is 284 g/mol. The number of nitrogens with one attached hydrogen (secondary N) is 1. The molecule has 0 aliphatic heterocycles. The van der Waals surface area contributed by atoms with Gasteiger partial charge in [-0.3, -0.25) is 10.1 Å². The molecular formula is C17H20N2O2. The molecule has 2 rings (SSSR count). The van der Waals surface area contributed by atoms with Crippen LogP contribution in [-0.2, 0) is 0 Å². The van der Waals surface area contributed by atoms with E-state index >= 15 is 0 Å². The molecule has 0 saturated carbocycles. The van der Waals surface area contributed by atoms with Gasteiger partial charge in [0.2, 0.25) is 0 Å². The summed E-state index contributed by atoms with van der Waals surface area (Å²) in [6, 6.07) is 12.0. The van der Waals surface area contributed by atoms with Crippen molar-refractivity contribution in [2.24, 2.45) is 0 Å². The monoisotopic (exact) mass is 284 g/mol. The SMILES string of the molecule is Cc1ccc(C(C)Nc2cc(C)c([N+](=O)[O-])cc2C)cc1. The molecule has 21 heavy (non-hydrogen) atoms. The van der Waals surface area contributed by atoms with Gasteiger partial charge in [0.05, 0.1) is 4.92 Å². The Labute approximate surface area is 125 Å². The molecule has 0 amide bonds. The van der Waals surface area contributed by atoms with E-state index in [0.29, 0.717) is 5.56 Å². The summed E-state index contributed by atoms with van der Waals surface area (Å²) in [5.74, 6) is 0. The van der Waals surface area contributed by atoms with Crippen molar-refractivity contribution in [3.8, 4) is 0 Å². The molecule has 4 nitrogen and oxygen atoms in total. The van der Waals surface area contributed by atoms with Gasteiger partial charge in [-0.15, -0.1) is 0 Å². The van der Waals surface area contributed by atoms with Crippen LogP contribution in [-0.4, -0.2) is 4.92 Å². The van der Waals surface area contributed by atoms with Crippen LogP contribution < -0.4 is 5.32 Å². The van der Waals surface area contributed by atoms with E-state index in [1.165, 1.54) is 11.1 Å². The lowest BCUT2D eigenvalue weighted by Crippen LogP contribution is -2.08. The lowest BCUT2D eigenvalue weighted by Gasteiger charge is -2.18. The smallest absolute Gasteiger partial charge is 0.272 e. The third kappa shape index (κ3) is 3.40. The number of anilines is 1. The largest absolute Gasteiger partial charge is 0.378 e. The Bertz CT molecular complexity index is 663. The molecule has 1 unspecified atom stereocenters. The van der Waals surface area contributed by atoms with Gasteiger partial charge < -0.3 is 5.32 Å². The zero-order chi connectivity index (χ0) is 15.6. The van der Waals surface area contributed by atoms with E-state index in [-0.39, 0.29) is 16.7 Å². The van der Waals surface area contributed by atoms with Crippen molar-refractivity contribution in [3.63, 3.8) is 0 Å². The van der Waals surface area contributed by atoms with Gasteiger partial charge in [-0.1, -0.05) is 29.8 Å². The predicted octanol–water partition coefficient (Wildman–Crippen LogP) is 4.69. The standard InChI is InChI=1S/C17H20N2O2/c1-11-5-7-15(8-6-11)14(4)18-16-9-13(3)17(19(20)21)10-12(16)2/h5-10,14,18H,1-4H3. The van der Waals surface area contributed by atoms with Crippen molar-refractivity contribution in [2.75, 3.05) is 5.32 Å². The maximum atomic E-state index is 10.9. The van der Waals surface area contributed by atoms with Gasteiger partial charge in [0.1, 0.15) is 0 Å². The van der Waals surface area contributed by atoms with Crippen molar-refractivity contribution >= 4 is 11.4 Å². The van der Waals surface area contributed by atoms with Crippen LogP contribution in [0.3, 0.4) is 0 Å². The van der Waals surface area contributed by atoms with Crippen molar-refractivity contribution in [1.29, 1.82) is 0 Å². The molecule has 0 heterocycles. The number of nitro groups is 1. The van der Waals surface area contributed by atoms with Crippen LogP contribution in [0.1, 0.15) is 35.2 Å². The number of nitrogens with zero attached hydrogens (tertiary/aromatic N) is 1. The molecule has 0 aliphatic carbocycles. The van der Waals surface area contributed by atoms with Crippen molar-refractivity contribution < 1.29 is 4.92 Å². The molecule has 1 atom stereocenters. The van der Waals surface area contributed by atoms with Gasteiger partial charge in [-0.05, 0) is 44.9 Å². The number of hydrogen-bond donors (Lipinski definition) is 1. The molecule has 2 aromatic carbocycles. The van der Waals surface area contributed by atoms with Crippen molar-refractivity contribution in [3.05, 3.63) is 68.8 Å². The highest BCUT2D eigenvalue weighted by molar-refractivity contribution is 5.60. The molecule has 0 fully saturated rings. The summed E-state index contributed by atoms with van der Waals surface area (Å²) < 4.78 is 0. The molecule has 0 aliphatic rings. The molecule has 2 aromatic rings. The summed E-state index contributed by atoms with van der Waals surface area (Å²) >= 11 is 0. The Morgan fingerprint density at radius 1 is 1.05 bits per heavy atom. The number of nitro benzene ring substituents is 1. The molecular weight excluding hydrogens is 264 g/mol. The Kier molecular flexibility index (Phi) is 4.26. The van der Waals surface area contributed by atoms with Gasteiger partial charge in [-0.25, -0.2) is 0 Å². The summed E-state index contributed by atoms with van der Waals surface area (Å²) in [6.45, 7) is 7.79. The first kappa shape index (κ1) is 15.0. The fourth-order valence-corrected chi connectivity index (χ4v) is 2.32. The van der Waals surface area contributed by atoms with Crippen LogP contribution in [0.15, 0.2) is 36.4 Å². The summed E-state index contributed by atoms with van der Waals surface area (Å²) in [6.07, 6.45) is 0. The molecule has 0 radical (unpaired) electrons. The molecule has 0 aromatic heterocycles. The first-order valence-electron chi connectivity index (χ1n) is 6.97. The lowest BCUT2D eigenvalue weighted by molar-refractivity contribution is -0.385. The maximum absolute atomic E-state index is 10.9. The molecule has 110 valence electrons. The highest BCUT2D eigenvalue weighted by Gasteiger charge is 2.14. The second-order valence-corrected chi connectivity index (χ2v) is 5.49. The van der Waals surface area contributed by atoms with Crippen molar-refractivity contribution in [1.82, 2.24) is 0 Å². The molecule has 1 N–H and O–H groups in total. The highest BCUT2D eigenvalue weighted by atomic mass is 16.6. The second kappa shape index (κ2) is 5.95. The number of rotatable bonds is 4. The van der Waals surface area contributed by atoms with Gasteiger partial charge in [0.15, 0.2) is 0 Å². The molecule has 0 bridgehead atoms. The summed E-state index contributed by atoms with van der Waals surface area (Å²) in [5, 5.41) is 14.4. The van der Waals surface area contributed by atoms with Gasteiger partial charge in [0.25, 0.3) is 5.69 Å². The van der Waals surface area contributed by atoms with Gasteiger partial charge >= 0.3 is 0 Å². The molecule has 4 heteroatoms. The van der Waals surface area contributed by atoms with E-state index in [0.717, 1.165) is 11.3 Å². The third-order valence-electron chi connectivity index (χ3n) is 3.69. The van der Waals surface area contributed by atoms with Crippen LogP contribution >= 0.6 is 0 Å². The quantitative estimate of drug-likeness (QED) is 0.654. The van der Waals surface area contributed by atoms with E-state index in [9.17, 15) is 10.1 Å². The summed E-state index contributed by atoms with van der Waals surface area (Å²) in [4.78, 5) is 10.6. The van der Waals surface area contributed by atoms with E-state index in [4.69, 9.17) is 0 Å². The molecule has 0 saturated heterocycles. The minimum absolute atomic E-state index is 0.144. The normalized spacial score (nSPS) is 12.0. The Morgan fingerprint density at radius 3 is 2.24 bits per heavy atom. The molecule has 0 spiro atoms. The first-order chi connectivity index (χ1) is 9.88. The zero-order valence-electron chi connectivity index (χ0n) is 12.8. The number of hydrogen-bond acceptors (Lipinski definition) is 3. The predicted molar refractivity (Wildman–Crippen MR) is 85.8 cm³/mol. The van der Waals surface area contributed by atoms with E-state index < -0.39 is 0 Å². The Hall–Kier alpha value is -2.36. The van der Waals surface area contributed by atoms with Gasteiger partial charge in [-0.2, -0.15) is 0 Å². The minimum atomic E-state index is -0.338. The van der Waals surface area contributed by atoms with Crippen LogP contribution in [0.4, 0.5) is 11.4 Å². The van der Waals surface area contributed by atoms with E-state index in [1.807, 2.05) is 13.0 Å². The fourth-order valence-electron chi connectivity index (χ4n) is 2.32. The third-order valence-corrected chi connectivity index (χ3v) is 3.69. The Balaban J connectivity index is 2.25. The van der Waals surface area contributed by atoms with Crippen LogP contribution in [0.5, 0.6) is 0 Å². The van der Waals surface area contributed by atoms with Crippen LogP contribution in [0.25, 0.3) is 0 Å². The van der Waals surface area contributed by atoms with E-state index in [1.54, 1.807) is 13.0 Å². The maximum Gasteiger partial charge on any atom is 0.272 e. The second-order valence-electron chi connectivity index (χ2n) is 5.49. The summed E-state index contributed by atoms with van der Waals surface area (Å²) in [5.41, 5.74) is 5.08. The zero-order valence-corrected chi connectivity index (χ0v) is 12.8. The topological polar surface area (TPSA) is 55.2 Å². The average Bonchev–Trinajstić information content (AvgIpc) is 2.42. The fraction of sp³-hybridized carbons (Fsp3) is 0.294. The minimum Gasteiger partial charge on any atom is -0.378 e.